The van der Waals surface area contributed by atoms with Gasteiger partial charge >= 0.3 is 0 Å². The van der Waals surface area contributed by atoms with Gasteiger partial charge in [-0.05, 0) is 31.9 Å². The topological polar surface area (TPSA) is 58.2 Å². The Morgan fingerprint density at radius 3 is 2.43 bits per heavy atom. The van der Waals surface area contributed by atoms with Crippen LogP contribution >= 0.6 is 23.2 Å². The van der Waals surface area contributed by atoms with Crippen molar-refractivity contribution in [3.05, 3.63) is 33.8 Å². The van der Waals surface area contributed by atoms with Crippen LogP contribution in [0.2, 0.25) is 10.0 Å². The molecule has 4 nitrogen and oxygen atoms in total. The van der Waals surface area contributed by atoms with Crippen molar-refractivity contribution in [2.75, 3.05) is 0 Å². The summed E-state index contributed by atoms with van der Waals surface area (Å²) in [6.07, 6.45) is 6.75. The molecule has 0 aromatic heterocycles. The third-order valence-corrected chi connectivity index (χ3v) is 4.96. The highest BCUT2D eigenvalue weighted by Crippen LogP contribution is 2.25. The Bertz CT molecular complexity index is 570. The van der Waals surface area contributed by atoms with Gasteiger partial charge in [0.25, 0.3) is 5.91 Å². The lowest BCUT2D eigenvalue weighted by atomic mass is 10.1. The Labute approximate surface area is 146 Å². The number of carbonyl (C=O) groups excluding carboxylic acids is 2. The fraction of sp³-hybridized carbons (Fsp3) is 0.529. The van der Waals surface area contributed by atoms with Gasteiger partial charge in [0, 0.05) is 6.04 Å². The van der Waals surface area contributed by atoms with E-state index in [9.17, 15) is 9.59 Å². The molecule has 126 valence electrons. The maximum atomic E-state index is 12.3. The number of nitrogens with one attached hydrogen (secondary N) is 2. The monoisotopic (exact) mass is 356 g/mol. The molecule has 0 radical (unpaired) electrons. The molecule has 1 aliphatic carbocycles. The lowest BCUT2D eigenvalue weighted by Crippen LogP contribution is -2.48. The minimum Gasteiger partial charge on any atom is -0.352 e. The molecule has 1 saturated carbocycles. The van der Waals surface area contributed by atoms with E-state index in [4.69, 9.17) is 23.2 Å². The largest absolute Gasteiger partial charge is 0.352 e. The normalized spacial score (nSPS) is 17.2. The van der Waals surface area contributed by atoms with E-state index in [1.807, 2.05) is 0 Å². The number of hydrogen-bond donors (Lipinski definition) is 2. The number of amides is 2. The highest BCUT2D eigenvalue weighted by molar-refractivity contribution is 6.43. The maximum Gasteiger partial charge on any atom is 0.253 e. The number of carbonyl (C=O) groups is 2. The lowest BCUT2D eigenvalue weighted by molar-refractivity contribution is -0.123. The summed E-state index contributed by atoms with van der Waals surface area (Å²) in [6.45, 7) is 1.67. The summed E-state index contributed by atoms with van der Waals surface area (Å²) in [5.41, 5.74) is 0.272. The molecule has 23 heavy (non-hydrogen) atoms. The summed E-state index contributed by atoms with van der Waals surface area (Å²) < 4.78 is 0. The van der Waals surface area contributed by atoms with Gasteiger partial charge in [-0.3, -0.25) is 9.59 Å². The van der Waals surface area contributed by atoms with Crippen molar-refractivity contribution in [3.63, 3.8) is 0 Å². The van der Waals surface area contributed by atoms with Gasteiger partial charge in [0.15, 0.2) is 0 Å². The van der Waals surface area contributed by atoms with Gasteiger partial charge in [0.1, 0.15) is 6.04 Å². The summed E-state index contributed by atoms with van der Waals surface area (Å²) >= 11 is 11.9. The third kappa shape index (κ3) is 5.11. The van der Waals surface area contributed by atoms with Gasteiger partial charge in [-0.2, -0.15) is 0 Å². The first-order valence-electron chi connectivity index (χ1n) is 8.04. The molecule has 1 unspecified atom stereocenters. The lowest BCUT2D eigenvalue weighted by Gasteiger charge is -2.20. The van der Waals surface area contributed by atoms with Crippen LogP contribution in [-0.4, -0.2) is 23.9 Å². The second-order valence-electron chi connectivity index (χ2n) is 5.99. The molecular formula is C17H22Cl2N2O2. The van der Waals surface area contributed by atoms with Crippen LogP contribution in [0.25, 0.3) is 0 Å². The van der Waals surface area contributed by atoms with Crippen LogP contribution in [0.1, 0.15) is 55.8 Å². The number of rotatable bonds is 4. The summed E-state index contributed by atoms with van der Waals surface area (Å²) in [7, 11) is 0. The molecular weight excluding hydrogens is 335 g/mol. The van der Waals surface area contributed by atoms with E-state index in [0.717, 1.165) is 25.7 Å². The molecule has 6 heteroatoms. The van der Waals surface area contributed by atoms with E-state index in [2.05, 4.69) is 10.6 Å². The molecule has 0 spiro atoms. The van der Waals surface area contributed by atoms with Crippen LogP contribution < -0.4 is 10.6 Å². The van der Waals surface area contributed by atoms with E-state index in [1.54, 1.807) is 25.1 Å². The molecule has 0 saturated heterocycles. The molecule has 2 amide bonds. The fourth-order valence-electron chi connectivity index (χ4n) is 2.77. The van der Waals surface area contributed by atoms with Crippen LogP contribution in [0.3, 0.4) is 0 Å². The smallest absolute Gasteiger partial charge is 0.253 e. The molecule has 2 rings (SSSR count). The SMILES string of the molecule is CC(NC(=O)c1cccc(Cl)c1Cl)C(=O)NC1CCCCCC1. The molecule has 1 atom stereocenters. The Hall–Kier alpha value is -1.26. The van der Waals surface area contributed by atoms with Crippen molar-refractivity contribution in [1.82, 2.24) is 10.6 Å². The third-order valence-electron chi connectivity index (χ3n) is 4.14. The van der Waals surface area contributed by atoms with Gasteiger partial charge < -0.3 is 10.6 Å². The van der Waals surface area contributed by atoms with Crippen molar-refractivity contribution >= 4 is 35.0 Å². The first-order chi connectivity index (χ1) is 11.0. The van der Waals surface area contributed by atoms with E-state index >= 15 is 0 Å². The molecule has 1 aliphatic rings. The molecule has 1 fully saturated rings. The highest BCUT2D eigenvalue weighted by atomic mass is 35.5. The zero-order chi connectivity index (χ0) is 16.8. The van der Waals surface area contributed by atoms with Crippen LogP contribution in [-0.2, 0) is 4.79 Å². The zero-order valence-corrected chi connectivity index (χ0v) is 14.7. The van der Waals surface area contributed by atoms with Crippen LogP contribution in [0.5, 0.6) is 0 Å². The quantitative estimate of drug-likeness (QED) is 0.802. The Kier molecular flexibility index (Phi) is 6.72. The van der Waals surface area contributed by atoms with E-state index in [0.29, 0.717) is 5.02 Å². The standard InChI is InChI=1S/C17H22Cl2N2O2/c1-11(16(22)21-12-7-4-2-3-5-8-12)20-17(23)13-9-6-10-14(18)15(13)19/h6,9-12H,2-5,7-8H2,1H3,(H,20,23)(H,21,22). The number of halogens is 2. The average molecular weight is 357 g/mol. The van der Waals surface area contributed by atoms with Gasteiger partial charge in [0.2, 0.25) is 5.91 Å². The molecule has 1 aromatic rings. The van der Waals surface area contributed by atoms with Gasteiger partial charge in [-0.1, -0.05) is 55.0 Å². The Morgan fingerprint density at radius 2 is 1.78 bits per heavy atom. The van der Waals surface area contributed by atoms with Crippen molar-refractivity contribution < 1.29 is 9.59 Å². The van der Waals surface area contributed by atoms with Crippen molar-refractivity contribution in [2.24, 2.45) is 0 Å². The van der Waals surface area contributed by atoms with Crippen molar-refractivity contribution in [2.45, 2.75) is 57.5 Å². The fourth-order valence-corrected chi connectivity index (χ4v) is 3.16. The van der Waals surface area contributed by atoms with E-state index in [1.165, 1.54) is 12.8 Å². The zero-order valence-electron chi connectivity index (χ0n) is 13.2. The second kappa shape index (κ2) is 8.55. The molecule has 0 aliphatic heterocycles. The summed E-state index contributed by atoms with van der Waals surface area (Å²) in [4.78, 5) is 24.5. The second-order valence-corrected chi connectivity index (χ2v) is 6.78. The molecule has 1 aromatic carbocycles. The minimum atomic E-state index is -0.624. The van der Waals surface area contributed by atoms with Crippen LogP contribution in [0.4, 0.5) is 0 Å². The van der Waals surface area contributed by atoms with Gasteiger partial charge in [-0.15, -0.1) is 0 Å². The molecule has 0 heterocycles. The molecule has 0 bridgehead atoms. The van der Waals surface area contributed by atoms with Crippen LogP contribution in [0, 0.1) is 0 Å². The minimum absolute atomic E-state index is 0.164. The number of benzene rings is 1. The first-order valence-corrected chi connectivity index (χ1v) is 8.80. The highest BCUT2D eigenvalue weighted by Gasteiger charge is 2.22. The van der Waals surface area contributed by atoms with E-state index in [-0.39, 0.29) is 22.5 Å². The first kappa shape index (κ1) is 18.1. The average Bonchev–Trinajstić information content (AvgIpc) is 2.78. The van der Waals surface area contributed by atoms with Crippen LogP contribution in [0.15, 0.2) is 18.2 Å². The Balaban J connectivity index is 1.92. The van der Waals surface area contributed by atoms with Gasteiger partial charge in [-0.25, -0.2) is 0 Å². The number of hydrogen-bond acceptors (Lipinski definition) is 2. The summed E-state index contributed by atoms with van der Waals surface area (Å²) in [5, 5.41) is 6.22. The van der Waals surface area contributed by atoms with Crippen molar-refractivity contribution in [1.29, 1.82) is 0 Å². The van der Waals surface area contributed by atoms with E-state index < -0.39 is 11.9 Å². The summed E-state index contributed by atoms with van der Waals surface area (Å²) in [5.74, 6) is -0.565. The van der Waals surface area contributed by atoms with Crippen molar-refractivity contribution in [3.8, 4) is 0 Å². The summed E-state index contributed by atoms with van der Waals surface area (Å²) in [6, 6.07) is 4.43. The molecule has 2 N–H and O–H groups in total. The predicted octanol–water partition coefficient (Wildman–Crippen LogP) is 3.95. The van der Waals surface area contributed by atoms with Gasteiger partial charge in [0.05, 0.1) is 15.6 Å². The predicted molar refractivity (Wildman–Crippen MR) is 93.0 cm³/mol. The maximum absolute atomic E-state index is 12.3. The Morgan fingerprint density at radius 1 is 1.13 bits per heavy atom.